The van der Waals surface area contributed by atoms with Crippen molar-refractivity contribution in [3.05, 3.63) is 20.8 Å². The molecule has 1 aliphatic heterocycles. The highest BCUT2D eigenvalue weighted by molar-refractivity contribution is 9.10. The largest absolute Gasteiger partial charge is 0.277 e. The van der Waals surface area contributed by atoms with Crippen LogP contribution in [-0.4, -0.2) is 16.7 Å². The van der Waals surface area contributed by atoms with Gasteiger partial charge in [-0.2, -0.15) is 0 Å². The molecule has 0 saturated carbocycles. The molecule has 0 N–H and O–H groups in total. The van der Waals surface area contributed by atoms with E-state index in [1.54, 1.807) is 11.3 Å². The van der Waals surface area contributed by atoms with Crippen LogP contribution in [0.1, 0.15) is 32.1 Å². The molecule has 1 saturated heterocycles. The number of thiophene rings is 1. The highest BCUT2D eigenvalue weighted by atomic mass is 79.9. The number of carbonyl (C=O) groups is 2. The van der Waals surface area contributed by atoms with Gasteiger partial charge in [0.15, 0.2) is 0 Å². The van der Waals surface area contributed by atoms with Gasteiger partial charge in [0.05, 0.1) is 12.0 Å². The molecular formula is C13H16BrNO2S. The molecule has 0 spiro atoms. The molecule has 0 radical (unpaired) electrons. The summed E-state index contributed by atoms with van der Waals surface area (Å²) in [4.78, 5) is 26.8. The first-order valence-electron chi connectivity index (χ1n) is 5.92. The molecule has 3 nitrogen and oxygen atoms in total. The molecule has 0 aliphatic carbocycles. The van der Waals surface area contributed by atoms with Gasteiger partial charge >= 0.3 is 0 Å². The second kappa shape index (κ2) is 4.78. The Hall–Kier alpha value is -0.680. The van der Waals surface area contributed by atoms with Crippen LogP contribution in [0.2, 0.25) is 0 Å². The Morgan fingerprint density at radius 2 is 2.17 bits per heavy atom. The van der Waals surface area contributed by atoms with Crippen molar-refractivity contribution in [2.24, 2.45) is 11.3 Å². The summed E-state index contributed by atoms with van der Waals surface area (Å²) in [5.41, 5.74) is -0.536. The van der Waals surface area contributed by atoms with Crippen molar-refractivity contribution in [2.45, 2.75) is 33.7 Å². The fraction of sp³-hybridized carbons (Fsp3) is 0.538. The number of rotatable bonds is 3. The molecule has 2 rings (SSSR count). The molecule has 0 bridgehead atoms. The minimum Gasteiger partial charge on any atom is -0.277 e. The molecule has 1 aliphatic rings. The number of nitrogens with zero attached hydrogens (tertiary/aromatic N) is 1. The van der Waals surface area contributed by atoms with E-state index in [9.17, 15) is 9.59 Å². The van der Waals surface area contributed by atoms with Crippen LogP contribution >= 0.6 is 27.3 Å². The molecule has 98 valence electrons. The van der Waals surface area contributed by atoms with E-state index in [1.165, 1.54) is 4.90 Å². The minimum atomic E-state index is -0.536. The third-order valence-electron chi connectivity index (χ3n) is 3.76. The van der Waals surface area contributed by atoms with Gasteiger partial charge in [-0.25, -0.2) is 0 Å². The first-order valence-corrected chi connectivity index (χ1v) is 7.59. The van der Waals surface area contributed by atoms with Gasteiger partial charge in [0.2, 0.25) is 11.8 Å². The highest BCUT2D eigenvalue weighted by Crippen LogP contribution is 2.40. The normalized spacial score (nSPS) is 24.4. The van der Waals surface area contributed by atoms with Gasteiger partial charge in [0.1, 0.15) is 0 Å². The van der Waals surface area contributed by atoms with Crippen LogP contribution < -0.4 is 0 Å². The summed E-state index contributed by atoms with van der Waals surface area (Å²) in [6.07, 6.45) is 0.329. The second-order valence-corrected chi connectivity index (χ2v) is 7.18. The maximum absolute atomic E-state index is 12.4. The Bertz CT molecular complexity index is 497. The molecule has 1 unspecified atom stereocenters. The monoisotopic (exact) mass is 329 g/mol. The summed E-state index contributed by atoms with van der Waals surface area (Å²) < 4.78 is 0.994. The van der Waals surface area contributed by atoms with E-state index in [0.29, 0.717) is 13.0 Å². The zero-order chi connectivity index (χ0) is 13.5. The number of hydrogen-bond acceptors (Lipinski definition) is 3. The van der Waals surface area contributed by atoms with Gasteiger partial charge in [0, 0.05) is 21.2 Å². The van der Waals surface area contributed by atoms with Crippen molar-refractivity contribution < 1.29 is 9.59 Å². The Kier molecular flexibility index (Phi) is 3.65. The zero-order valence-corrected chi connectivity index (χ0v) is 13.1. The van der Waals surface area contributed by atoms with Gasteiger partial charge in [-0.05, 0) is 34.8 Å². The second-order valence-electron chi connectivity index (χ2n) is 5.27. The van der Waals surface area contributed by atoms with Crippen molar-refractivity contribution >= 4 is 39.1 Å². The Balaban J connectivity index is 2.20. The van der Waals surface area contributed by atoms with E-state index >= 15 is 0 Å². The van der Waals surface area contributed by atoms with E-state index in [1.807, 2.05) is 32.2 Å². The summed E-state index contributed by atoms with van der Waals surface area (Å²) in [5.74, 6) is 0.0850. The van der Waals surface area contributed by atoms with Crippen LogP contribution in [0.4, 0.5) is 0 Å². The van der Waals surface area contributed by atoms with Crippen molar-refractivity contribution in [2.75, 3.05) is 0 Å². The van der Waals surface area contributed by atoms with Gasteiger partial charge < -0.3 is 0 Å². The molecule has 1 aromatic rings. The Morgan fingerprint density at radius 1 is 1.50 bits per heavy atom. The molecule has 1 fully saturated rings. The maximum atomic E-state index is 12.4. The SMILES string of the molecule is CC(C)C1(C)CC(=O)N(Cc2cc(Br)cs2)C1=O. The van der Waals surface area contributed by atoms with Crippen LogP contribution in [0.5, 0.6) is 0 Å². The summed E-state index contributed by atoms with van der Waals surface area (Å²) in [7, 11) is 0. The molecule has 2 heterocycles. The number of imide groups is 1. The molecule has 18 heavy (non-hydrogen) atoms. The first kappa shape index (κ1) is 13.7. The lowest BCUT2D eigenvalue weighted by Gasteiger charge is -2.25. The van der Waals surface area contributed by atoms with Crippen molar-refractivity contribution in [3.63, 3.8) is 0 Å². The molecular weight excluding hydrogens is 314 g/mol. The van der Waals surface area contributed by atoms with E-state index in [0.717, 1.165) is 9.35 Å². The predicted octanol–water partition coefficient (Wildman–Crippen LogP) is 3.43. The molecule has 5 heteroatoms. The quantitative estimate of drug-likeness (QED) is 0.796. The average Bonchev–Trinajstić information content (AvgIpc) is 2.78. The molecule has 0 aromatic carbocycles. The summed E-state index contributed by atoms with van der Waals surface area (Å²) in [5, 5.41) is 1.96. The molecule has 1 aromatic heterocycles. The third kappa shape index (κ3) is 2.26. The minimum absolute atomic E-state index is 0.0352. The molecule has 1 atom stereocenters. The van der Waals surface area contributed by atoms with Crippen LogP contribution in [0.15, 0.2) is 15.9 Å². The number of amides is 2. The van der Waals surface area contributed by atoms with Crippen molar-refractivity contribution in [3.8, 4) is 0 Å². The van der Waals surface area contributed by atoms with Gasteiger partial charge in [0.25, 0.3) is 0 Å². The average molecular weight is 330 g/mol. The van der Waals surface area contributed by atoms with E-state index in [2.05, 4.69) is 15.9 Å². The Morgan fingerprint density at radius 3 is 2.61 bits per heavy atom. The van der Waals surface area contributed by atoms with Crippen LogP contribution in [0.3, 0.4) is 0 Å². The summed E-state index contributed by atoms with van der Waals surface area (Å²) >= 11 is 4.94. The first-order chi connectivity index (χ1) is 8.34. The van der Waals surface area contributed by atoms with Gasteiger partial charge in [-0.1, -0.05) is 13.8 Å². The van der Waals surface area contributed by atoms with E-state index < -0.39 is 5.41 Å². The lowest BCUT2D eigenvalue weighted by atomic mass is 9.78. The summed E-state index contributed by atoms with van der Waals surface area (Å²) in [6, 6.07) is 1.95. The highest BCUT2D eigenvalue weighted by Gasteiger charge is 2.49. The van der Waals surface area contributed by atoms with Crippen molar-refractivity contribution in [1.29, 1.82) is 0 Å². The maximum Gasteiger partial charge on any atom is 0.236 e. The van der Waals surface area contributed by atoms with Crippen molar-refractivity contribution in [1.82, 2.24) is 4.90 Å². The van der Waals surface area contributed by atoms with E-state index in [4.69, 9.17) is 0 Å². The van der Waals surface area contributed by atoms with Crippen LogP contribution in [0, 0.1) is 11.3 Å². The summed E-state index contributed by atoms with van der Waals surface area (Å²) in [6.45, 7) is 6.28. The lowest BCUT2D eigenvalue weighted by Crippen LogP contribution is -2.36. The fourth-order valence-corrected chi connectivity index (χ4v) is 3.55. The van der Waals surface area contributed by atoms with E-state index in [-0.39, 0.29) is 17.7 Å². The number of hydrogen-bond donors (Lipinski definition) is 0. The Labute approximate surface area is 119 Å². The predicted molar refractivity (Wildman–Crippen MR) is 75.1 cm³/mol. The smallest absolute Gasteiger partial charge is 0.236 e. The van der Waals surface area contributed by atoms with Crippen LogP contribution in [0.25, 0.3) is 0 Å². The number of halogens is 1. The topological polar surface area (TPSA) is 37.4 Å². The van der Waals surface area contributed by atoms with Gasteiger partial charge in [-0.3, -0.25) is 14.5 Å². The standard InChI is InChI=1S/C13H16BrNO2S/c1-8(2)13(3)5-11(16)15(12(13)17)6-10-4-9(14)7-18-10/h4,7-8H,5-6H2,1-3H3. The zero-order valence-electron chi connectivity index (χ0n) is 10.7. The lowest BCUT2D eigenvalue weighted by molar-refractivity contribution is -0.142. The number of carbonyl (C=O) groups excluding carboxylic acids is 2. The van der Waals surface area contributed by atoms with Crippen LogP contribution in [-0.2, 0) is 16.1 Å². The fourth-order valence-electron chi connectivity index (χ4n) is 2.11. The molecule has 2 amide bonds. The number of likely N-dealkylation sites (tertiary alicyclic amines) is 1. The van der Waals surface area contributed by atoms with Gasteiger partial charge in [-0.15, -0.1) is 11.3 Å². The third-order valence-corrected chi connectivity index (χ3v) is 5.45.